The van der Waals surface area contributed by atoms with Crippen molar-refractivity contribution < 1.29 is 4.74 Å². The minimum Gasteiger partial charge on any atom is -0.381 e. The molecule has 0 aliphatic carbocycles. The fourth-order valence-corrected chi connectivity index (χ4v) is 6.26. The second kappa shape index (κ2) is 38.0. The van der Waals surface area contributed by atoms with E-state index in [1.807, 2.05) is 0 Å². The SMILES string of the molecule is CCCCCCCCCCCCCCCCCCCCCCOCCCCCCCCCCCCCCCC(C)C. The average molecular weight is 579 g/mol. The van der Waals surface area contributed by atoms with Gasteiger partial charge < -0.3 is 4.74 Å². The van der Waals surface area contributed by atoms with Crippen molar-refractivity contribution in [3.63, 3.8) is 0 Å². The molecular weight excluding hydrogens is 496 g/mol. The minimum absolute atomic E-state index is 0.889. The molecule has 0 heterocycles. The van der Waals surface area contributed by atoms with Gasteiger partial charge in [-0.05, 0) is 18.8 Å². The van der Waals surface area contributed by atoms with Gasteiger partial charge in [0.1, 0.15) is 0 Å². The Hall–Kier alpha value is -0.0400. The first kappa shape index (κ1) is 41.0. The summed E-state index contributed by atoms with van der Waals surface area (Å²) in [5.74, 6) is 0.889. The van der Waals surface area contributed by atoms with Crippen molar-refractivity contribution in [2.24, 2.45) is 5.92 Å². The summed E-state index contributed by atoms with van der Waals surface area (Å²) in [6.07, 6.45) is 49.1. The second-order valence-electron chi connectivity index (χ2n) is 14.1. The van der Waals surface area contributed by atoms with Crippen molar-refractivity contribution in [3.8, 4) is 0 Å². The van der Waals surface area contributed by atoms with E-state index < -0.39 is 0 Å². The lowest BCUT2D eigenvalue weighted by atomic mass is 10.0. The third-order valence-corrected chi connectivity index (χ3v) is 9.21. The van der Waals surface area contributed by atoms with Gasteiger partial charge in [-0.25, -0.2) is 0 Å². The first-order chi connectivity index (χ1) is 20.3. The zero-order chi connectivity index (χ0) is 29.7. The van der Waals surface area contributed by atoms with Crippen LogP contribution in [0.4, 0.5) is 0 Å². The highest BCUT2D eigenvalue weighted by atomic mass is 16.5. The monoisotopic (exact) mass is 579 g/mol. The Balaban J connectivity index is 3.03. The van der Waals surface area contributed by atoms with E-state index in [0.29, 0.717) is 0 Å². The fraction of sp³-hybridized carbons (Fsp3) is 1.00. The zero-order valence-electron chi connectivity index (χ0n) is 29.4. The molecule has 41 heavy (non-hydrogen) atoms. The Kier molecular flexibility index (Phi) is 37.9. The molecule has 0 aromatic rings. The molecule has 1 nitrogen and oxygen atoms in total. The number of unbranched alkanes of at least 4 members (excludes halogenated alkanes) is 31. The fourth-order valence-electron chi connectivity index (χ4n) is 6.26. The number of hydrogen-bond acceptors (Lipinski definition) is 1. The molecular formula is C40H82O. The van der Waals surface area contributed by atoms with E-state index >= 15 is 0 Å². The number of ether oxygens (including phenoxy) is 1. The Morgan fingerprint density at radius 2 is 0.512 bits per heavy atom. The summed E-state index contributed by atoms with van der Waals surface area (Å²) in [5, 5.41) is 0. The lowest BCUT2D eigenvalue weighted by molar-refractivity contribution is 0.125. The van der Waals surface area contributed by atoms with Gasteiger partial charge in [0.05, 0.1) is 0 Å². The minimum atomic E-state index is 0.889. The van der Waals surface area contributed by atoms with Gasteiger partial charge in [-0.2, -0.15) is 0 Å². The molecule has 0 aliphatic heterocycles. The first-order valence-corrected chi connectivity index (χ1v) is 19.8. The van der Waals surface area contributed by atoms with Crippen molar-refractivity contribution in [3.05, 3.63) is 0 Å². The van der Waals surface area contributed by atoms with Crippen LogP contribution >= 0.6 is 0 Å². The largest absolute Gasteiger partial charge is 0.381 e. The van der Waals surface area contributed by atoms with Gasteiger partial charge in [0.25, 0.3) is 0 Å². The predicted molar refractivity (Wildman–Crippen MR) is 188 cm³/mol. The van der Waals surface area contributed by atoms with Crippen LogP contribution in [0.1, 0.15) is 239 Å². The zero-order valence-corrected chi connectivity index (χ0v) is 29.4. The Morgan fingerprint density at radius 3 is 0.756 bits per heavy atom. The summed E-state index contributed by atoms with van der Waals surface area (Å²) in [7, 11) is 0. The van der Waals surface area contributed by atoms with Gasteiger partial charge in [0, 0.05) is 13.2 Å². The molecule has 0 saturated heterocycles. The van der Waals surface area contributed by atoms with Crippen LogP contribution in [-0.4, -0.2) is 13.2 Å². The van der Waals surface area contributed by atoms with Gasteiger partial charge in [-0.3, -0.25) is 0 Å². The Bertz CT molecular complexity index is 431. The maximum absolute atomic E-state index is 5.89. The molecule has 0 atom stereocenters. The van der Waals surface area contributed by atoms with Crippen molar-refractivity contribution in [2.75, 3.05) is 13.2 Å². The van der Waals surface area contributed by atoms with Crippen LogP contribution in [0.2, 0.25) is 0 Å². The van der Waals surface area contributed by atoms with Crippen molar-refractivity contribution in [2.45, 2.75) is 239 Å². The van der Waals surface area contributed by atoms with Gasteiger partial charge >= 0.3 is 0 Å². The molecule has 0 fully saturated rings. The molecule has 0 saturated carbocycles. The molecule has 0 N–H and O–H groups in total. The third-order valence-electron chi connectivity index (χ3n) is 9.21. The van der Waals surface area contributed by atoms with E-state index in [-0.39, 0.29) is 0 Å². The van der Waals surface area contributed by atoms with Crippen LogP contribution in [0.15, 0.2) is 0 Å². The first-order valence-electron chi connectivity index (χ1n) is 19.8. The normalized spacial score (nSPS) is 11.7. The lowest BCUT2D eigenvalue weighted by Gasteiger charge is -2.06. The van der Waals surface area contributed by atoms with E-state index in [2.05, 4.69) is 20.8 Å². The maximum Gasteiger partial charge on any atom is 0.0466 e. The average Bonchev–Trinajstić information content (AvgIpc) is 2.97. The smallest absolute Gasteiger partial charge is 0.0466 e. The number of hydrogen-bond donors (Lipinski definition) is 0. The van der Waals surface area contributed by atoms with E-state index in [9.17, 15) is 0 Å². The summed E-state index contributed by atoms with van der Waals surface area (Å²) in [4.78, 5) is 0. The highest BCUT2D eigenvalue weighted by Crippen LogP contribution is 2.16. The Labute approximate surface area is 262 Å². The standard InChI is InChI=1S/C40H82O/c1-4-5-6-7-8-9-10-11-12-13-14-15-16-17-20-23-26-29-32-35-38-41-39-36-33-30-27-24-21-18-19-22-25-28-31-34-37-40(2)3/h40H,4-39H2,1-3H3. The quantitative estimate of drug-likeness (QED) is 0.0666. The van der Waals surface area contributed by atoms with Crippen LogP contribution in [-0.2, 0) is 4.74 Å². The molecule has 0 aromatic carbocycles. The van der Waals surface area contributed by atoms with Crippen molar-refractivity contribution in [1.29, 1.82) is 0 Å². The van der Waals surface area contributed by atoms with Gasteiger partial charge in [-0.1, -0.05) is 226 Å². The highest BCUT2D eigenvalue weighted by molar-refractivity contribution is 4.53. The molecule has 248 valence electrons. The third kappa shape index (κ3) is 40.0. The molecule has 0 unspecified atom stereocenters. The molecule has 0 radical (unpaired) electrons. The van der Waals surface area contributed by atoms with Crippen LogP contribution in [0.5, 0.6) is 0 Å². The van der Waals surface area contributed by atoms with E-state index in [1.54, 1.807) is 0 Å². The molecule has 1 heteroatoms. The Morgan fingerprint density at radius 1 is 0.293 bits per heavy atom. The summed E-state index contributed by atoms with van der Waals surface area (Å²) in [6.45, 7) is 8.99. The van der Waals surface area contributed by atoms with Crippen LogP contribution in [0, 0.1) is 5.92 Å². The van der Waals surface area contributed by atoms with Crippen molar-refractivity contribution in [1.82, 2.24) is 0 Å². The van der Waals surface area contributed by atoms with Gasteiger partial charge in [-0.15, -0.1) is 0 Å². The summed E-state index contributed by atoms with van der Waals surface area (Å²) in [6, 6.07) is 0. The molecule has 0 aromatic heterocycles. The molecule has 0 bridgehead atoms. The lowest BCUT2D eigenvalue weighted by Crippen LogP contribution is -1.97. The number of rotatable bonds is 37. The topological polar surface area (TPSA) is 9.23 Å². The van der Waals surface area contributed by atoms with E-state index in [1.165, 1.54) is 218 Å². The summed E-state index contributed by atoms with van der Waals surface area (Å²) < 4.78 is 5.89. The van der Waals surface area contributed by atoms with E-state index in [0.717, 1.165) is 19.1 Å². The maximum atomic E-state index is 5.89. The molecule has 0 aliphatic rings. The van der Waals surface area contributed by atoms with Gasteiger partial charge in [0.2, 0.25) is 0 Å². The van der Waals surface area contributed by atoms with E-state index in [4.69, 9.17) is 4.74 Å². The highest BCUT2D eigenvalue weighted by Gasteiger charge is 1.98. The second-order valence-corrected chi connectivity index (χ2v) is 14.1. The van der Waals surface area contributed by atoms with Gasteiger partial charge in [0.15, 0.2) is 0 Å². The summed E-state index contributed by atoms with van der Waals surface area (Å²) >= 11 is 0. The predicted octanol–water partition coefficient (Wildman–Crippen LogP) is 14.9. The molecule has 0 spiro atoms. The summed E-state index contributed by atoms with van der Waals surface area (Å²) in [5.41, 5.74) is 0. The molecule has 0 amide bonds. The van der Waals surface area contributed by atoms with Crippen LogP contribution in [0.3, 0.4) is 0 Å². The van der Waals surface area contributed by atoms with Crippen LogP contribution in [0.25, 0.3) is 0 Å². The molecule has 0 rings (SSSR count). The van der Waals surface area contributed by atoms with Crippen LogP contribution < -0.4 is 0 Å². The van der Waals surface area contributed by atoms with Crippen molar-refractivity contribution >= 4 is 0 Å².